The number of anilines is 1. The fraction of sp³-hybridized carbons (Fsp3) is 0.222. The second-order valence-electron chi connectivity index (χ2n) is 5.70. The van der Waals surface area contributed by atoms with E-state index in [4.69, 9.17) is 21.2 Å². The SMILES string of the molecule is COc1ccc(NC(=O)CONC(=O)c2cc(C)cc(C(F)(F)F)c2)cc1Cl. The first-order valence-corrected chi connectivity index (χ1v) is 8.22. The lowest BCUT2D eigenvalue weighted by Gasteiger charge is -2.11. The number of amides is 2. The van der Waals surface area contributed by atoms with Crippen LogP contribution in [0, 0.1) is 6.92 Å². The van der Waals surface area contributed by atoms with Gasteiger partial charge in [0.2, 0.25) is 0 Å². The van der Waals surface area contributed by atoms with Gasteiger partial charge >= 0.3 is 6.18 Å². The maximum atomic E-state index is 12.8. The number of methoxy groups -OCH3 is 1. The molecule has 0 aliphatic carbocycles. The molecule has 0 spiro atoms. The topological polar surface area (TPSA) is 76.7 Å². The zero-order chi connectivity index (χ0) is 20.9. The number of ether oxygens (including phenoxy) is 1. The van der Waals surface area contributed by atoms with Gasteiger partial charge in [0.1, 0.15) is 5.75 Å². The molecule has 28 heavy (non-hydrogen) atoms. The molecule has 10 heteroatoms. The van der Waals surface area contributed by atoms with Gasteiger partial charge in [-0.15, -0.1) is 0 Å². The molecule has 2 aromatic carbocycles. The number of carbonyl (C=O) groups is 2. The van der Waals surface area contributed by atoms with Gasteiger partial charge in [0, 0.05) is 11.3 Å². The molecule has 0 aliphatic rings. The first-order valence-electron chi connectivity index (χ1n) is 7.84. The van der Waals surface area contributed by atoms with Crippen LogP contribution in [0.4, 0.5) is 18.9 Å². The fourth-order valence-electron chi connectivity index (χ4n) is 2.25. The molecule has 0 unspecified atom stereocenters. The summed E-state index contributed by atoms with van der Waals surface area (Å²) in [6.07, 6.45) is -4.58. The second-order valence-corrected chi connectivity index (χ2v) is 6.11. The summed E-state index contributed by atoms with van der Waals surface area (Å²) < 4.78 is 43.4. The first-order chi connectivity index (χ1) is 13.1. The summed E-state index contributed by atoms with van der Waals surface area (Å²) in [6.45, 7) is 0.869. The number of aryl methyl sites for hydroxylation is 1. The van der Waals surface area contributed by atoms with Crippen LogP contribution in [0.5, 0.6) is 5.75 Å². The third-order valence-corrected chi connectivity index (χ3v) is 3.77. The summed E-state index contributed by atoms with van der Waals surface area (Å²) in [5, 5.41) is 2.77. The van der Waals surface area contributed by atoms with Crippen LogP contribution in [0.1, 0.15) is 21.5 Å². The lowest BCUT2D eigenvalue weighted by molar-refractivity contribution is -0.137. The molecule has 0 radical (unpaired) electrons. The van der Waals surface area contributed by atoms with Crippen LogP contribution < -0.4 is 15.5 Å². The normalized spacial score (nSPS) is 11.1. The Morgan fingerprint density at radius 3 is 2.46 bits per heavy atom. The highest BCUT2D eigenvalue weighted by atomic mass is 35.5. The predicted molar refractivity (Wildman–Crippen MR) is 96.2 cm³/mol. The standard InChI is InChI=1S/C18H16ClF3N2O4/c1-10-5-11(7-12(6-10)18(20,21)22)17(26)24-28-9-16(25)23-13-3-4-15(27-2)14(19)8-13/h3-8H,9H2,1-2H3,(H,23,25)(H,24,26). The maximum Gasteiger partial charge on any atom is 0.416 e. The Morgan fingerprint density at radius 2 is 1.86 bits per heavy atom. The maximum absolute atomic E-state index is 12.8. The van der Waals surface area contributed by atoms with Crippen molar-refractivity contribution in [1.29, 1.82) is 0 Å². The highest BCUT2D eigenvalue weighted by Gasteiger charge is 2.31. The van der Waals surface area contributed by atoms with E-state index in [1.807, 2.05) is 5.48 Å². The Balaban J connectivity index is 1.91. The number of nitrogens with one attached hydrogen (secondary N) is 2. The Labute approximate surface area is 163 Å². The van der Waals surface area contributed by atoms with E-state index in [0.717, 1.165) is 6.07 Å². The number of halogens is 4. The first kappa shape index (κ1) is 21.5. The fourth-order valence-corrected chi connectivity index (χ4v) is 2.50. The van der Waals surface area contributed by atoms with Gasteiger partial charge in [-0.05, 0) is 48.9 Å². The molecule has 0 bridgehead atoms. The van der Waals surface area contributed by atoms with Crippen LogP contribution in [0.3, 0.4) is 0 Å². The molecule has 6 nitrogen and oxygen atoms in total. The Kier molecular flexibility index (Phi) is 6.87. The Morgan fingerprint density at radius 1 is 1.14 bits per heavy atom. The summed E-state index contributed by atoms with van der Waals surface area (Å²) in [6, 6.07) is 7.45. The molecule has 2 N–H and O–H groups in total. The molecular formula is C18H16ClF3N2O4. The molecule has 0 saturated heterocycles. The zero-order valence-electron chi connectivity index (χ0n) is 14.8. The van der Waals surface area contributed by atoms with Gasteiger partial charge in [-0.3, -0.25) is 14.4 Å². The van der Waals surface area contributed by atoms with E-state index in [9.17, 15) is 22.8 Å². The minimum atomic E-state index is -4.58. The van der Waals surface area contributed by atoms with Crippen LogP contribution >= 0.6 is 11.6 Å². The molecule has 0 aromatic heterocycles. The number of hydroxylamine groups is 1. The third kappa shape index (κ3) is 5.86. The van der Waals surface area contributed by atoms with Crippen molar-refractivity contribution in [2.75, 3.05) is 19.0 Å². The smallest absolute Gasteiger partial charge is 0.416 e. The van der Waals surface area contributed by atoms with Crippen molar-refractivity contribution in [1.82, 2.24) is 5.48 Å². The molecule has 2 rings (SSSR count). The van der Waals surface area contributed by atoms with E-state index >= 15 is 0 Å². The molecule has 0 heterocycles. The monoisotopic (exact) mass is 416 g/mol. The second kappa shape index (κ2) is 8.94. The summed E-state index contributed by atoms with van der Waals surface area (Å²) in [4.78, 5) is 28.6. The molecule has 0 fully saturated rings. The molecular weight excluding hydrogens is 401 g/mol. The largest absolute Gasteiger partial charge is 0.495 e. The number of alkyl halides is 3. The summed E-state index contributed by atoms with van der Waals surface area (Å²) >= 11 is 5.94. The summed E-state index contributed by atoms with van der Waals surface area (Å²) in [5.41, 5.74) is 1.38. The number of hydrogen-bond acceptors (Lipinski definition) is 4. The van der Waals surface area contributed by atoms with Gasteiger partial charge in [-0.2, -0.15) is 13.2 Å². The lowest BCUT2D eigenvalue weighted by atomic mass is 10.1. The van der Waals surface area contributed by atoms with Gasteiger partial charge in [-0.25, -0.2) is 5.48 Å². The van der Waals surface area contributed by atoms with Crippen molar-refractivity contribution in [3.8, 4) is 5.75 Å². The van der Waals surface area contributed by atoms with Crippen molar-refractivity contribution in [2.24, 2.45) is 0 Å². The lowest BCUT2D eigenvalue weighted by Crippen LogP contribution is -2.29. The van der Waals surface area contributed by atoms with Crippen molar-refractivity contribution in [3.05, 3.63) is 58.1 Å². The Bertz CT molecular complexity index is 888. The third-order valence-electron chi connectivity index (χ3n) is 3.47. The van der Waals surface area contributed by atoms with Crippen molar-refractivity contribution < 1.29 is 32.3 Å². The van der Waals surface area contributed by atoms with Crippen LogP contribution in [-0.2, 0) is 15.8 Å². The van der Waals surface area contributed by atoms with Gasteiger partial charge < -0.3 is 10.1 Å². The van der Waals surface area contributed by atoms with E-state index in [1.165, 1.54) is 26.2 Å². The molecule has 0 atom stereocenters. The van der Waals surface area contributed by atoms with E-state index in [0.29, 0.717) is 17.5 Å². The average molecular weight is 417 g/mol. The number of carbonyl (C=O) groups excluding carboxylic acids is 2. The van der Waals surface area contributed by atoms with E-state index in [1.54, 1.807) is 12.1 Å². The van der Waals surface area contributed by atoms with Crippen molar-refractivity contribution >= 4 is 29.1 Å². The minimum Gasteiger partial charge on any atom is -0.495 e. The van der Waals surface area contributed by atoms with Crippen LogP contribution in [0.15, 0.2) is 36.4 Å². The zero-order valence-corrected chi connectivity index (χ0v) is 15.6. The predicted octanol–water partition coefficient (Wildman–Crippen LogP) is 3.98. The van der Waals surface area contributed by atoms with Crippen LogP contribution in [0.2, 0.25) is 5.02 Å². The molecule has 2 aromatic rings. The average Bonchev–Trinajstić information content (AvgIpc) is 2.60. The van der Waals surface area contributed by atoms with Gasteiger partial charge in [0.15, 0.2) is 6.61 Å². The molecule has 2 amide bonds. The highest BCUT2D eigenvalue weighted by molar-refractivity contribution is 6.32. The summed E-state index contributed by atoms with van der Waals surface area (Å²) in [5.74, 6) is -1.09. The van der Waals surface area contributed by atoms with Crippen molar-refractivity contribution in [2.45, 2.75) is 13.1 Å². The summed E-state index contributed by atoms with van der Waals surface area (Å²) in [7, 11) is 1.45. The Hall–Kier alpha value is -2.78. The number of hydrogen-bond donors (Lipinski definition) is 2. The molecule has 0 aliphatic heterocycles. The molecule has 0 saturated carbocycles. The van der Waals surface area contributed by atoms with E-state index in [-0.39, 0.29) is 16.1 Å². The van der Waals surface area contributed by atoms with Gasteiger partial charge in [-0.1, -0.05) is 11.6 Å². The van der Waals surface area contributed by atoms with Crippen LogP contribution in [-0.4, -0.2) is 25.5 Å². The molecule has 150 valence electrons. The number of rotatable bonds is 6. The van der Waals surface area contributed by atoms with Gasteiger partial charge in [0.25, 0.3) is 11.8 Å². The van der Waals surface area contributed by atoms with Gasteiger partial charge in [0.05, 0.1) is 17.7 Å². The van der Waals surface area contributed by atoms with Crippen LogP contribution in [0.25, 0.3) is 0 Å². The minimum absolute atomic E-state index is 0.241. The highest BCUT2D eigenvalue weighted by Crippen LogP contribution is 2.30. The van der Waals surface area contributed by atoms with E-state index < -0.39 is 30.2 Å². The van der Waals surface area contributed by atoms with E-state index in [2.05, 4.69) is 5.32 Å². The number of benzene rings is 2. The van der Waals surface area contributed by atoms with Crippen molar-refractivity contribution in [3.63, 3.8) is 0 Å². The quantitative estimate of drug-likeness (QED) is 0.698.